The average Bonchev–Trinajstić information content (AvgIpc) is 3.59. The lowest BCUT2D eigenvalue weighted by Gasteiger charge is -2.22. The number of nitrogens with one attached hydrogen (secondary N) is 1. The largest absolute Gasteiger partial charge is 0.573 e. The van der Waals surface area contributed by atoms with Crippen LogP contribution in [0, 0.1) is 13.8 Å². The molecule has 41 heavy (non-hydrogen) atoms. The fraction of sp³-hybridized carbons (Fsp3) is 0.179. The highest BCUT2D eigenvalue weighted by Gasteiger charge is 2.31. The Bertz CT molecular complexity index is 1580. The van der Waals surface area contributed by atoms with Gasteiger partial charge in [-0.3, -0.25) is 0 Å². The Morgan fingerprint density at radius 3 is 2.44 bits per heavy atom. The van der Waals surface area contributed by atoms with Gasteiger partial charge in [0.05, 0.1) is 11.9 Å². The Morgan fingerprint density at radius 1 is 1.05 bits per heavy atom. The predicted molar refractivity (Wildman–Crippen MR) is 153 cm³/mol. The van der Waals surface area contributed by atoms with Crippen molar-refractivity contribution >= 4 is 34.9 Å². The molecule has 2 amide bonds. The molecule has 0 aliphatic carbocycles. The van der Waals surface area contributed by atoms with Crippen LogP contribution in [0.3, 0.4) is 0 Å². The number of hydrazone groups is 1. The molecule has 1 aliphatic heterocycles. The van der Waals surface area contributed by atoms with E-state index in [0.29, 0.717) is 16.7 Å². The number of para-hydroxylation sites is 1. The predicted octanol–water partition coefficient (Wildman–Crippen LogP) is 6.10. The van der Waals surface area contributed by atoms with E-state index in [2.05, 4.69) is 35.2 Å². The molecule has 1 N–H and O–H groups in total. The van der Waals surface area contributed by atoms with Gasteiger partial charge in [0, 0.05) is 23.5 Å². The lowest BCUT2D eigenvalue weighted by molar-refractivity contribution is -0.274. The molecule has 4 aromatic rings. The van der Waals surface area contributed by atoms with Gasteiger partial charge in [0.1, 0.15) is 12.1 Å². The first kappa shape index (κ1) is 27.9. The molecule has 0 atom stereocenters. The molecule has 0 bridgehead atoms. The van der Waals surface area contributed by atoms with E-state index in [9.17, 15) is 18.0 Å². The number of aromatic nitrogens is 3. The van der Waals surface area contributed by atoms with Gasteiger partial charge in [0.25, 0.3) is 0 Å². The van der Waals surface area contributed by atoms with Gasteiger partial charge in [-0.05, 0) is 54.8 Å². The number of nitrogens with zero attached hydrogens (tertiary/aromatic N) is 6. The van der Waals surface area contributed by atoms with Gasteiger partial charge in [0.2, 0.25) is 0 Å². The van der Waals surface area contributed by atoms with Gasteiger partial charge in [-0.2, -0.15) is 10.1 Å². The Labute approximate surface area is 237 Å². The zero-order valence-corrected chi connectivity index (χ0v) is 22.8. The second-order valence-corrected chi connectivity index (χ2v) is 10.0. The molecule has 5 rings (SSSR count). The third kappa shape index (κ3) is 6.92. The summed E-state index contributed by atoms with van der Waals surface area (Å²) in [6.07, 6.45) is -1.79. The standard InChI is InChI=1S/C28H24F3N7O2S/c1-18-4-3-5-19(2)24(18)37-14-15-41-27(37)34-26(39)35-33-16-20-6-8-21(9-7-20)25-32-17-38(36-25)22-10-12-23(13-11-22)40-28(29,30)31/h3-13,16-17H,14-15H2,1-2H3,(H,35,39)/b33-16+,34-27?. The number of halogens is 3. The third-order valence-corrected chi connectivity index (χ3v) is 7.01. The number of aliphatic imine (C=N–C) groups is 1. The number of benzene rings is 3. The topological polar surface area (TPSA) is 97.0 Å². The number of ether oxygens (including phenoxy) is 1. The lowest BCUT2D eigenvalue weighted by Crippen LogP contribution is -2.27. The molecule has 3 aromatic carbocycles. The summed E-state index contributed by atoms with van der Waals surface area (Å²) >= 11 is 1.53. The Kier molecular flexibility index (Phi) is 8.06. The summed E-state index contributed by atoms with van der Waals surface area (Å²) in [5.74, 6) is 0.946. The van der Waals surface area contributed by atoms with Crippen LogP contribution in [0.2, 0.25) is 0 Å². The van der Waals surface area contributed by atoms with E-state index in [-0.39, 0.29) is 5.75 Å². The van der Waals surface area contributed by atoms with Crippen LogP contribution in [-0.2, 0) is 0 Å². The molecule has 0 spiro atoms. The molecule has 1 saturated heterocycles. The van der Waals surface area contributed by atoms with E-state index in [1.807, 2.05) is 32.0 Å². The highest BCUT2D eigenvalue weighted by Crippen LogP contribution is 2.31. The number of amides is 2. The van der Waals surface area contributed by atoms with E-state index in [0.717, 1.165) is 40.2 Å². The summed E-state index contributed by atoms with van der Waals surface area (Å²) in [6, 6.07) is 18.0. The Hall–Kier alpha value is -4.65. The molecule has 0 radical (unpaired) electrons. The molecule has 1 aromatic heterocycles. The van der Waals surface area contributed by atoms with Gasteiger partial charge >= 0.3 is 12.4 Å². The van der Waals surface area contributed by atoms with E-state index in [1.165, 1.54) is 53.3 Å². The number of alkyl halides is 3. The molecular formula is C28H24F3N7O2S. The summed E-state index contributed by atoms with van der Waals surface area (Å²) < 4.78 is 42.4. The maximum Gasteiger partial charge on any atom is 0.573 e. The fourth-order valence-electron chi connectivity index (χ4n) is 4.25. The molecule has 210 valence electrons. The smallest absolute Gasteiger partial charge is 0.406 e. The fourth-order valence-corrected chi connectivity index (χ4v) is 5.19. The number of thioether (sulfide) groups is 1. The van der Waals surface area contributed by atoms with Crippen LogP contribution in [0.1, 0.15) is 16.7 Å². The van der Waals surface area contributed by atoms with Crippen LogP contribution in [0.5, 0.6) is 5.75 Å². The van der Waals surface area contributed by atoms with Crippen LogP contribution in [-0.4, -0.2) is 50.8 Å². The van der Waals surface area contributed by atoms with Gasteiger partial charge in [-0.25, -0.2) is 19.9 Å². The zero-order chi connectivity index (χ0) is 29.0. The highest BCUT2D eigenvalue weighted by molar-refractivity contribution is 8.14. The first-order valence-corrected chi connectivity index (χ1v) is 13.4. The van der Waals surface area contributed by atoms with Crippen LogP contribution in [0.4, 0.5) is 23.7 Å². The van der Waals surface area contributed by atoms with Crippen molar-refractivity contribution in [2.45, 2.75) is 20.2 Å². The first-order valence-electron chi connectivity index (χ1n) is 12.4. The van der Waals surface area contributed by atoms with Gasteiger partial charge in [-0.1, -0.05) is 54.2 Å². The summed E-state index contributed by atoms with van der Waals surface area (Å²) in [7, 11) is 0. The first-order chi connectivity index (χ1) is 19.7. The number of amidine groups is 1. The number of anilines is 1. The van der Waals surface area contributed by atoms with E-state index >= 15 is 0 Å². The molecule has 0 saturated carbocycles. The van der Waals surface area contributed by atoms with Crippen molar-refractivity contribution in [1.29, 1.82) is 0 Å². The molecule has 0 unspecified atom stereocenters. The second kappa shape index (κ2) is 11.8. The van der Waals surface area contributed by atoms with Gasteiger partial charge in [0.15, 0.2) is 11.0 Å². The lowest BCUT2D eigenvalue weighted by atomic mass is 10.1. The van der Waals surface area contributed by atoms with Crippen molar-refractivity contribution in [2.24, 2.45) is 10.1 Å². The summed E-state index contributed by atoms with van der Waals surface area (Å²) in [5.41, 5.74) is 7.74. The van der Waals surface area contributed by atoms with Gasteiger partial charge < -0.3 is 9.64 Å². The number of urea groups is 1. The van der Waals surface area contributed by atoms with Crippen LogP contribution >= 0.6 is 11.8 Å². The molecule has 13 heteroatoms. The van der Waals surface area contributed by atoms with Crippen LogP contribution in [0.15, 0.2) is 83.2 Å². The Balaban J connectivity index is 1.19. The minimum atomic E-state index is -4.75. The number of carbonyl (C=O) groups excluding carboxylic acids is 1. The Morgan fingerprint density at radius 2 is 1.76 bits per heavy atom. The van der Waals surface area contributed by atoms with Crippen molar-refractivity contribution < 1.29 is 22.7 Å². The van der Waals surface area contributed by atoms with Crippen molar-refractivity contribution in [3.63, 3.8) is 0 Å². The quantitative estimate of drug-likeness (QED) is 0.219. The third-order valence-electron chi connectivity index (χ3n) is 6.05. The normalized spacial score (nSPS) is 14.7. The molecular weight excluding hydrogens is 555 g/mol. The van der Waals surface area contributed by atoms with Crippen molar-refractivity contribution in [2.75, 3.05) is 17.2 Å². The SMILES string of the molecule is Cc1cccc(C)c1N1CCSC1=NC(=O)N/N=C/c1ccc(-c2ncn(-c3ccc(OC(F)(F)F)cc3)n2)cc1. The minimum absolute atomic E-state index is 0.320. The van der Waals surface area contributed by atoms with E-state index in [1.54, 1.807) is 24.3 Å². The van der Waals surface area contributed by atoms with Crippen LogP contribution < -0.4 is 15.1 Å². The van der Waals surface area contributed by atoms with Crippen LogP contribution in [0.25, 0.3) is 17.1 Å². The monoisotopic (exact) mass is 579 g/mol. The number of aryl methyl sites for hydroxylation is 2. The summed E-state index contributed by atoms with van der Waals surface area (Å²) in [4.78, 5) is 23.0. The van der Waals surface area contributed by atoms with Crippen molar-refractivity contribution in [3.05, 3.63) is 89.7 Å². The number of rotatable bonds is 6. The highest BCUT2D eigenvalue weighted by atomic mass is 32.2. The maximum atomic E-state index is 12.4. The number of carbonyl (C=O) groups is 1. The summed E-state index contributed by atoms with van der Waals surface area (Å²) in [6.45, 7) is 4.85. The second-order valence-electron chi connectivity index (χ2n) is 8.99. The molecule has 1 aliphatic rings. The van der Waals surface area contributed by atoms with Crippen molar-refractivity contribution in [1.82, 2.24) is 20.2 Å². The van der Waals surface area contributed by atoms with E-state index < -0.39 is 12.4 Å². The number of hydrogen-bond acceptors (Lipinski definition) is 6. The molecule has 2 heterocycles. The number of hydrogen-bond donors (Lipinski definition) is 1. The van der Waals surface area contributed by atoms with Gasteiger partial charge in [-0.15, -0.1) is 18.3 Å². The average molecular weight is 580 g/mol. The molecule has 1 fully saturated rings. The zero-order valence-electron chi connectivity index (χ0n) is 22.0. The van der Waals surface area contributed by atoms with Crippen molar-refractivity contribution in [3.8, 4) is 22.8 Å². The minimum Gasteiger partial charge on any atom is -0.406 e. The summed E-state index contributed by atoms with van der Waals surface area (Å²) in [5, 5.41) is 9.04. The molecule has 9 nitrogen and oxygen atoms in total. The van der Waals surface area contributed by atoms with E-state index in [4.69, 9.17) is 0 Å². The maximum absolute atomic E-state index is 12.4.